The van der Waals surface area contributed by atoms with E-state index in [0.717, 1.165) is 74.0 Å². The van der Waals surface area contributed by atoms with Crippen molar-refractivity contribution < 1.29 is 13.5 Å². The molecular weight excluding hydrogens is 434 g/mol. The summed E-state index contributed by atoms with van der Waals surface area (Å²) < 4.78 is 34.1. The van der Waals surface area contributed by atoms with E-state index in [2.05, 4.69) is 15.2 Å². The van der Waals surface area contributed by atoms with E-state index in [-0.39, 0.29) is 11.6 Å². The summed E-state index contributed by atoms with van der Waals surface area (Å²) in [6.07, 6.45) is 4.11. The number of thiophene rings is 1. The second-order valence-electron chi connectivity index (χ2n) is 8.44. The van der Waals surface area contributed by atoms with Crippen LogP contribution in [0.2, 0.25) is 0 Å². The molecule has 1 unspecified atom stereocenters. The van der Waals surface area contributed by atoms with Crippen LogP contribution in [0.1, 0.15) is 22.4 Å². The van der Waals surface area contributed by atoms with Gasteiger partial charge in [-0.25, -0.2) is 13.8 Å². The standard InChI is InChI=1S/C23H26F2N4O2S/c24-16-2-1-15(19(25)11-16)13-26-17-3-4-18-20(12-17)32-22-21(18)23(30)29(14-27-22)6-5-28-7-9-31-10-8-28/h1-2,11,14,17,26H,3-10,12-13H2. The van der Waals surface area contributed by atoms with Crippen LogP contribution in [-0.2, 0) is 30.7 Å². The minimum Gasteiger partial charge on any atom is -0.379 e. The maximum absolute atomic E-state index is 13.9. The number of morpholine rings is 1. The summed E-state index contributed by atoms with van der Waals surface area (Å²) in [4.78, 5) is 22.1. The van der Waals surface area contributed by atoms with Gasteiger partial charge < -0.3 is 10.1 Å². The quantitative estimate of drug-likeness (QED) is 0.613. The summed E-state index contributed by atoms with van der Waals surface area (Å²) >= 11 is 1.58. The predicted molar refractivity (Wildman–Crippen MR) is 120 cm³/mol. The van der Waals surface area contributed by atoms with Crippen molar-refractivity contribution in [3.8, 4) is 0 Å². The summed E-state index contributed by atoms with van der Waals surface area (Å²) in [6.45, 7) is 5.07. The van der Waals surface area contributed by atoms with Crippen LogP contribution in [0.25, 0.3) is 10.2 Å². The van der Waals surface area contributed by atoms with Crippen molar-refractivity contribution >= 4 is 21.6 Å². The van der Waals surface area contributed by atoms with Gasteiger partial charge in [0.25, 0.3) is 5.56 Å². The van der Waals surface area contributed by atoms with Crippen molar-refractivity contribution in [2.24, 2.45) is 0 Å². The number of hydrogen-bond acceptors (Lipinski definition) is 6. The maximum atomic E-state index is 13.9. The van der Waals surface area contributed by atoms with Gasteiger partial charge in [-0.1, -0.05) is 6.07 Å². The number of benzene rings is 1. The zero-order valence-electron chi connectivity index (χ0n) is 17.8. The van der Waals surface area contributed by atoms with Crippen LogP contribution in [0.4, 0.5) is 8.78 Å². The highest BCUT2D eigenvalue weighted by Crippen LogP contribution is 2.33. The average molecular weight is 461 g/mol. The van der Waals surface area contributed by atoms with Crippen molar-refractivity contribution in [2.75, 3.05) is 32.8 Å². The largest absolute Gasteiger partial charge is 0.379 e. The Morgan fingerprint density at radius 3 is 2.88 bits per heavy atom. The Kier molecular flexibility index (Phi) is 6.32. The Labute approximate surface area is 188 Å². The van der Waals surface area contributed by atoms with Crippen molar-refractivity contribution in [1.82, 2.24) is 19.8 Å². The van der Waals surface area contributed by atoms with Gasteiger partial charge in [0.15, 0.2) is 0 Å². The first kappa shape index (κ1) is 21.6. The lowest BCUT2D eigenvalue weighted by Gasteiger charge is -2.26. The molecule has 1 aromatic carbocycles. The molecule has 32 heavy (non-hydrogen) atoms. The summed E-state index contributed by atoms with van der Waals surface area (Å²) in [5.41, 5.74) is 1.62. The molecule has 1 fully saturated rings. The molecule has 1 saturated heterocycles. The predicted octanol–water partition coefficient (Wildman–Crippen LogP) is 2.72. The van der Waals surface area contributed by atoms with E-state index in [1.54, 1.807) is 22.2 Å². The molecule has 3 aromatic rings. The molecule has 170 valence electrons. The van der Waals surface area contributed by atoms with Gasteiger partial charge in [-0.3, -0.25) is 14.3 Å². The van der Waals surface area contributed by atoms with E-state index >= 15 is 0 Å². The van der Waals surface area contributed by atoms with Gasteiger partial charge in [-0.2, -0.15) is 0 Å². The minimum atomic E-state index is -0.568. The molecular formula is C23H26F2N4O2S. The molecule has 0 saturated carbocycles. The molecule has 9 heteroatoms. The number of ether oxygens (including phenoxy) is 1. The molecule has 0 spiro atoms. The lowest BCUT2D eigenvalue weighted by Crippen LogP contribution is -2.39. The first-order valence-corrected chi connectivity index (χ1v) is 11.9. The average Bonchev–Trinajstić information content (AvgIpc) is 3.17. The monoisotopic (exact) mass is 460 g/mol. The molecule has 1 aliphatic heterocycles. The first-order chi connectivity index (χ1) is 15.6. The molecule has 1 aliphatic carbocycles. The highest BCUT2D eigenvalue weighted by Gasteiger charge is 2.25. The minimum absolute atomic E-state index is 0.0422. The number of nitrogens with zero attached hydrogens (tertiary/aromatic N) is 3. The molecule has 0 radical (unpaired) electrons. The Balaban J connectivity index is 1.28. The number of rotatable bonds is 6. The third kappa shape index (κ3) is 4.47. The van der Waals surface area contributed by atoms with Gasteiger partial charge in [0, 0.05) is 55.3 Å². The Morgan fingerprint density at radius 1 is 1.22 bits per heavy atom. The smallest absolute Gasteiger partial charge is 0.262 e. The number of nitrogens with one attached hydrogen (secondary N) is 1. The van der Waals surface area contributed by atoms with E-state index < -0.39 is 11.6 Å². The molecule has 2 aromatic heterocycles. The van der Waals surface area contributed by atoms with Crippen molar-refractivity contribution in [2.45, 2.75) is 38.4 Å². The van der Waals surface area contributed by atoms with Crippen LogP contribution in [0.15, 0.2) is 29.3 Å². The fraction of sp³-hybridized carbons (Fsp3) is 0.478. The molecule has 0 amide bonds. The molecule has 3 heterocycles. The maximum Gasteiger partial charge on any atom is 0.262 e. The first-order valence-electron chi connectivity index (χ1n) is 11.1. The highest BCUT2D eigenvalue weighted by atomic mass is 32.1. The number of aromatic nitrogens is 2. The summed E-state index contributed by atoms with van der Waals surface area (Å²) in [5.74, 6) is -1.10. The van der Waals surface area contributed by atoms with E-state index in [0.29, 0.717) is 18.7 Å². The normalized spacial score (nSPS) is 19.4. The zero-order chi connectivity index (χ0) is 22.1. The van der Waals surface area contributed by atoms with E-state index in [9.17, 15) is 13.6 Å². The molecule has 1 atom stereocenters. The second-order valence-corrected chi connectivity index (χ2v) is 9.52. The SMILES string of the molecule is O=c1c2c3c(sc2ncn1CCN1CCOCC1)CC(NCc1ccc(F)cc1F)CC3. The van der Waals surface area contributed by atoms with E-state index in [4.69, 9.17) is 4.74 Å². The Bertz CT molecular complexity index is 1170. The van der Waals surface area contributed by atoms with Crippen LogP contribution in [-0.4, -0.2) is 53.3 Å². The van der Waals surface area contributed by atoms with Gasteiger partial charge in [0.05, 0.1) is 24.9 Å². The van der Waals surface area contributed by atoms with Crippen molar-refractivity contribution in [1.29, 1.82) is 0 Å². The molecule has 1 N–H and O–H groups in total. The third-order valence-corrected chi connectivity index (χ3v) is 7.56. The highest BCUT2D eigenvalue weighted by molar-refractivity contribution is 7.18. The van der Waals surface area contributed by atoms with Gasteiger partial charge >= 0.3 is 0 Å². The second kappa shape index (κ2) is 9.35. The van der Waals surface area contributed by atoms with Gasteiger partial charge in [-0.15, -0.1) is 11.3 Å². The molecule has 5 rings (SSSR count). The third-order valence-electron chi connectivity index (χ3n) is 6.39. The molecule has 0 bridgehead atoms. The topological polar surface area (TPSA) is 59.4 Å². The fourth-order valence-electron chi connectivity index (χ4n) is 4.53. The lowest BCUT2D eigenvalue weighted by molar-refractivity contribution is 0.0362. The van der Waals surface area contributed by atoms with Crippen molar-refractivity contribution in [3.05, 3.63) is 62.5 Å². The van der Waals surface area contributed by atoms with Crippen LogP contribution >= 0.6 is 11.3 Å². The van der Waals surface area contributed by atoms with E-state index in [1.165, 1.54) is 17.0 Å². The number of fused-ring (bicyclic) bond motifs is 3. The van der Waals surface area contributed by atoms with E-state index in [1.807, 2.05) is 0 Å². The zero-order valence-corrected chi connectivity index (χ0v) is 18.6. The molecule has 6 nitrogen and oxygen atoms in total. The number of aryl methyl sites for hydroxylation is 1. The number of halogens is 2. The summed E-state index contributed by atoms with van der Waals surface area (Å²) in [6, 6.07) is 3.86. The van der Waals surface area contributed by atoms with Crippen LogP contribution in [0, 0.1) is 11.6 Å². The van der Waals surface area contributed by atoms with Gasteiger partial charge in [-0.05, 0) is 30.9 Å². The number of hydrogen-bond donors (Lipinski definition) is 1. The van der Waals surface area contributed by atoms with Gasteiger partial charge in [0.2, 0.25) is 0 Å². The fourth-order valence-corrected chi connectivity index (χ4v) is 5.79. The summed E-state index contributed by atoms with van der Waals surface area (Å²) in [5, 5.41) is 4.15. The Morgan fingerprint density at radius 2 is 2.06 bits per heavy atom. The van der Waals surface area contributed by atoms with Crippen molar-refractivity contribution in [3.63, 3.8) is 0 Å². The Hall–Kier alpha value is -2.20. The van der Waals surface area contributed by atoms with Crippen LogP contribution < -0.4 is 10.9 Å². The van der Waals surface area contributed by atoms with Crippen LogP contribution in [0.5, 0.6) is 0 Å². The lowest BCUT2D eigenvalue weighted by atomic mass is 9.93. The van der Waals surface area contributed by atoms with Gasteiger partial charge in [0.1, 0.15) is 16.5 Å². The molecule has 2 aliphatic rings. The summed E-state index contributed by atoms with van der Waals surface area (Å²) in [7, 11) is 0. The van der Waals surface area contributed by atoms with Crippen LogP contribution in [0.3, 0.4) is 0 Å².